The third-order valence-electron chi connectivity index (χ3n) is 3.99. The molecule has 2 fully saturated rings. The van der Waals surface area contributed by atoms with Gasteiger partial charge in [0.05, 0.1) is 4.47 Å². The molecule has 2 heterocycles. The molecular weight excluding hydrogens is 302 g/mol. The minimum atomic E-state index is 0.509. The summed E-state index contributed by atoms with van der Waals surface area (Å²) < 4.78 is 0.842. The van der Waals surface area contributed by atoms with Gasteiger partial charge in [0.25, 0.3) is 0 Å². The average Bonchev–Trinajstić information content (AvgIpc) is 2.81. The zero-order valence-corrected chi connectivity index (χ0v) is 11.9. The van der Waals surface area contributed by atoms with Gasteiger partial charge in [-0.2, -0.15) is 0 Å². The topological polar surface area (TPSA) is 29.0 Å². The van der Waals surface area contributed by atoms with E-state index in [0.717, 1.165) is 22.8 Å². The molecule has 2 unspecified atom stereocenters. The highest BCUT2D eigenvalue weighted by Gasteiger charge is 2.36. The third-order valence-corrected chi connectivity index (χ3v) is 5.24. The number of hydrogen-bond donors (Lipinski definition) is 0. The van der Waals surface area contributed by atoms with E-state index < -0.39 is 0 Å². The van der Waals surface area contributed by atoms with Crippen molar-refractivity contribution in [1.82, 2.24) is 9.97 Å². The van der Waals surface area contributed by atoms with Gasteiger partial charge in [-0.25, -0.2) is 9.97 Å². The maximum atomic E-state index is 6.05. The Morgan fingerprint density at radius 1 is 1.24 bits per heavy atom. The highest BCUT2D eigenvalue weighted by Crippen LogP contribution is 2.41. The molecule has 0 N–H and O–H groups in total. The molecule has 1 aliphatic heterocycles. The number of rotatable bonds is 1. The summed E-state index contributed by atoms with van der Waals surface area (Å²) in [7, 11) is 0. The number of piperidine rings is 1. The number of hydrogen-bond acceptors (Lipinski definition) is 3. The van der Waals surface area contributed by atoms with Gasteiger partial charge in [0.1, 0.15) is 17.3 Å². The zero-order chi connectivity index (χ0) is 11.8. The standard InChI is InChI=1S/C12H15BrClN3/c13-10-11(14)15-7-16-12(10)17-6-2-4-8-3-1-5-9(8)17/h7-9H,1-6H2. The van der Waals surface area contributed by atoms with Gasteiger partial charge >= 0.3 is 0 Å². The maximum Gasteiger partial charge on any atom is 0.148 e. The molecule has 1 aliphatic carbocycles. The van der Waals surface area contributed by atoms with Crippen molar-refractivity contribution in [3.8, 4) is 0 Å². The molecule has 2 aliphatic rings. The fourth-order valence-electron chi connectivity index (χ4n) is 3.26. The number of anilines is 1. The fraction of sp³-hybridized carbons (Fsp3) is 0.667. The first kappa shape index (κ1) is 11.7. The Hall–Kier alpha value is -0.350. The second-order valence-corrected chi connectivity index (χ2v) is 6.05. The van der Waals surface area contributed by atoms with Crippen molar-refractivity contribution >= 4 is 33.3 Å². The molecule has 0 spiro atoms. The molecule has 1 saturated heterocycles. The Bertz CT molecular complexity index is 426. The molecule has 1 saturated carbocycles. The molecule has 1 aromatic rings. The van der Waals surface area contributed by atoms with Gasteiger partial charge in [0.2, 0.25) is 0 Å². The average molecular weight is 317 g/mol. The molecule has 3 nitrogen and oxygen atoms in total. The highest BCUT2D eigenvalue weighted by atomic mass is 79.9. The summed E-state index contributed by atoms with van der Waals surface area (Å²) in [4.78, 5) is 10.8. The van der Waals surface area contributed by atoms with E-state index in [4.69, 9.17) is 11.6 Å². The van der Waals surface area contributed by atoms with Crippen LogP contribution < -0.4 is 4.90 Å². The van der Waals surface area contributed by atoms with Gasteiger partial charge in [-0.3, -0.25) is 0 Å². The molecule has 0 amide bonds. The van der Waals surface area contributed by atoms with Crippen LogP contribution in [0.15, 0.2) is 10.8 Å². The van der Waals surface area contributed by atoms with E-state index in [0.29, 0.717) is 11.2 Å². The molecular formula is C12H15BrClN3. The molecule has 92 valence electrons. The van der Waals surface area contributed by atoms with E-state index >= 15 is 0 Å². The van der Waals surface area contributed by atoms with Crippen molar-refractivity contribution in [3.05, 3.63) is 16.0 Å². The molecule has 1 aromatic heterocycles. The SMILES string of the molecule is Clc1ncnc(N2CCCC3CCCC32)c1Br. The van der Waals surface area contributed by atoms with Gasteiger partial charge in [-0.15, -0.1) is 0 Å². The van der Waals surface area contributed by atoms with Gasteiger partial charge < -0.3 is 4.90 Å². The smallest absolute Gasteiger partial charge is 0.148 e. The molecule has 5 heteroatoms. The second kappa shape index (κ2) is 4.73. The lowest BCUT2D eigenvalue weighted by Gasteiger charge is -2.39. The van der Waals surface area contributed by atoms with Crippen LogP contribution in [0.4, 0.5) is 5.82 Å². The van der Waals surface area contributed by atoms with Gasteiger partial charge in [0, 0.05) is 12.6 Å². The lowest BCUT2D eigenvalue weighted by Crippen LogP contribution is -2.43. The first-order valence-corrected chi connectivity index (χ1v) is 7.37. The van der Waals surface area contributed by atoms with Crippen molar-refractivity contribution in [3.63, 3.8) is 0 Å². The van der Waals surface area contributed by atoms with Crippen LogP contribution in [0.5, 0.6) is 0 Å². The minimum Gasteiger partial charge on any atom is -0.352 e. The quantitative estimate of drug-likeness (QED) is 0.740. The van der Waals surface area contributed by atoms with Crippen molar-refractivity contribution in [1.29, 1.82) is 0 Å². The molecule has 0 bridgehead atoms. The number of halogens is 2. The predicted molar refractivity (Wildman–Crippen MR) is 72.5 cm³/mol. The minimum absolute atomic E-state index is 0.509. The van der Waals surface area contributed by atoms with E-state index in [2.05, 4.69) is 30.8 Å². The van der Waals surface area contributed by atoms with E-state index in [9.17, 15) is 0 Å². The Morgan fingerprint density at radius 3 is 2.94 bits per heavy atom. The Labute approximate surface area is 115 Å². The first-order chi connectivity index (χ1) is 8.27. The predicted octanol–water partition coefficient (Wildman–Crippen LogP) is 3.66. The normalized spacial score (nSPS) is 28.2. The van der Waals surface area contributed by atoms with Crippen LogP contribution in [0, 0.1) is 5.92 Å². The van der Waals surface area contributed by atoms with Crippen molar-refractivity contribution < 1.29 is 0 Å². The summed E-state index contributed by atoms with van der Waals surface area (Å²) in [5.74, 6) is 1.82. The Morgan fingerprint density at radius 2 is 2.06 bits per heavy atom. The van der Waals surface area contributed by atoms with Crippen LogP contribution in [0.1, 0.15) is 32.1 Å². The highest BCUT2D eigenvalue weighted by molar-refractivity contribution is 9.10. The monoisotopic (exact) mass is 315 g/mol. The van der Waals surface area contributed by atoms with E-state index in [1.807, 2.05) is 0 Å². The summed E-state index contributed by atoms with van der Waals surface area (Å²) >= 11 is 9.57. The summed E-state index contributed by atoms with van der Waals surface area (Å²) in [5.41, 5.74) is 0. The first-order valence-electron chi connectivity index (χ1n) is 6.20. The van der Waals surface area contributed by atoms with Gasteiger partial charge in [0.15, 0.2) is 0 Å². The van der Waals surface area contributed by atoms with Crippen LogP contribution in [-0.2, 0) is 0 Å². The fourth-order valence-corrected chi connectivity index (χ4v) is 3.82. The van der Waals surface area contributed by atoms with Crippen molar-refractivity contribution in [2.24, 2.45) is 5.92 Å². The molecule has 0 aromatic carbocycles. The van der Waals surface area contributed by atoms with Crippen LogP contribution in [0.2, 0.25) is 5.15 Å². The van der Waals surface area contributed by atoms with Gasteiger partial charge in [-0.1, -0.05) is 18.0 Å². The van der Waals surface area contributed by atoms with Crippen LogP contribution in [0.25, 0.3) is 0 Å². The van der Waals surface area contributed by atoms with Crippen LogP contribution in [0.3, 0.4) is 0 Å². The van der Waals surface area contributed by atoms with Gasteiger partial charge in [-0.05, 0) is 47.5 Å². The summed E-state index contributed by atoms with van der Waals surface area (Å²) in [6.07, 6.45) is 8.20. The van der Waals surface area contributed by atoms with Crippen molar-refractivity contribution in [2.75, 3.05) is 11.4 Å². The molecule has 0 radical (unpaired) electrons. The molecule has 2 atom stereocenters. The zero-order valence-electron chi connectivity index (χ0n) is 9.57. The second-order valence-electron chi connectivity index (χ2n) is 4.90. The summed E-state index contributed by atoms with van der Waals surface area (Å²) in [5, 5.41) is 0.509. The van der Waals surface area contributed by atoms with E-state index in [1.54, 1.807) is 6.33 Å². The largest absolute Gasteiger partial charge is 0.352 e. The lowest BCUT2D eigenvalue weighted by molar-refractivity contribution is 0.360. The Kier molecular flexibility index (Phi) is 3.26. The third kappa shape index (κ3) is 2.06. The number of aromatic nitrogens is 2. The van der Waals surface area contributed by atoms with Crippen LogP contribution in [-0.4, -0.2) is 22.6 Å². The molecule has 17 heavy (non-hydrogen) atoms. The summed E-state index contributed by atoms with van der Waals surface area (Å²) in [6, 6.07) is 0.658. The molecule has 3 rings (SSSR count). The number of nitrogens with zero attached hydrogens (tertiary/aromatic N) is 3. The number of fused-ring (bicyclic) bond motifs is 1. The van der Waals surface area contributed by atoms with E-state index in [-0.39, 0.29) is 0 Å². The van der Waals surface area contributed by atoms with E-state index in [1.165, 1.54) is 32.1 Å². The lowest BCUT2D eigenvalue weighted by atomic mass is 9.92. The Balaban J connectivity index is 1.94. The van der Waals surface area contributed by atoms with Crippen molar-refractivity contribution in [2.45, 2.75) is 38.1 Å². The summed E-state index contributed by atoms with van der Waals surface area (Å²) in [6.45, 7) is 1.09. The maximum absolute atomic E-state index is 6.05. The van der Waals surface area contributed by atoms with Crippen LogP contribution >= 0.6 is 27.5 Å².